The second kappa shape index (κ2) is 12.3. The molecule has 0 aliphatic carbocycles. The molecule has 1 aliphatic rings. The Morgan fingerprint density at radius 2 is 1.68 bits per heavy atom. The number of carbonyl (C=O) groups excluding carboxylic acids is 1. The van der Waals surface area contributed by atoms with Crippen LogP contribution in [0.5, 0.6) is 11.5 Å². The third-order valence-corrected chi connectivity index (χ3v) is 7.57. The van der Waals surface area contributed by atoms with Crippen LogP contribution < -0.4 is 20.3 Å². The van der Waals surface area contributed by atoms with E-state index < -0.39 is 17.6 Å². The van der Waals surface area contributed by atoms with Crippen LogP contribution in [0, 0.1) is 0 Å². The molecule has 44 heavy (non-hydrogen) atoms. The van der Waals surface area contributed by atoms with Gasteiger partial charge in [0.1, 0.15) is 23.8 Å². The number of anilines is 2. The second-order valence-corrected chi connectivity index (χ2v) is 10.4. The largest absolute Gasteiger partial charge is 0.508 e. The van der Waals surface area contributed by atoms with Crippen LogP contribution in [0.15, 0.2) is 97.2 Å². The number of fused-ring (bicyclic) bond motifs is 1. The Balaban J connectivity index is 1.44. The van der Waals surface area contributed by atoms with E-state index in [-0.39, 0.29) is 23.8 Å². The zero-order chi connectivity index (χ0) is 30.7. The first-order valence-corrected chi connectivity index (χ1v) is 14.1. The predicted molar refractivity (Wildman–Crippen MR) is 164 cm³/mol. The lowest BCUT2D eigenvalue weighted by atomic mass is 9.97. The van der Waals surface area contributed by atoms with Crippen LogP contribution in [0.25, 0.3) is 21.9 Å². The van der Waals surface area contributed by atoms with Crippen LogP contribution in [0.3, 0.4) is 0 Å². The molecule has 1 aromatic heterocycles. The summed E-state index contributed by atoms with van der Waals surface area (Å²) in [6.07, 6.45) is -2.98. The van der Waals surface area contributed by atoms with Crippen molar-refractivity contribution in [2.75, 3.05) is 36.4 Å². The van der Waals surface area contributed by atoms with Crippen molar-refractivity contribution in [2.45, 2.75) is 12.8 Å². The Morgan fingerprint density at radius 1 is 0.955 bits per heavy atom. The highest BCUT2D eigenvalue weighted by molar-refractivity contribution is 6.12. The number of aromatic nitrogens is 1. The standard InChI is InChI=1S/C34H29F3N4O3/c35-34(36,37)28-7-3-4-8-31(28)44-21-24-19-30(41-17-15-38-16-18-41)29(20-27(24)23-9-11-25(42)12-10-23)40-33(43)32-26-6-2-1-5-22(26)13-14-39-32/h1-14,19-20,38,42H,15-18,21H2,(H,40,43). The van der Waals surface area contributed by atoms with Crippen molar-refractivity contribution < 1.29 is 27.8 Å². The van der Waals surface area contributed by atoms with Crippen molar-refractivity contribution in [3.05, 3.63) is 114 Å². The molecule has 1 fully saturated rings. The number of nitrogens with one attached hydrogen (secondary N) is 2. The van der Waals surface area contributed by atoms with E-state index in [2.05, 4.69) is 20.5 Å². The number of para-hydroxylation sites is 1. The topological polar surface area (TPSA) is 86.7 Å². The molecule has 0 atom stereocenters. The Morgan fingerprint density at radius 3 is 2.45 bits per heavy atom. The normalized spacial score (nSPS) is 13.6. The van der Waals surface area contributed by atoms with Gasteiger partial charge >= 0.3 is 6.18 Å². The summed E-state index contributed by atoms with van der Waals surface area (Å²) in [6, 6.07) is 24.6. The number of carbonyl (C=O) groups is 1. The van der Waals surface area contributed by atoms with E-state index in [9.17, 15) is 23.1 Å². The van der Waals surface area contributed by atoms with E-state index in [4.69, 9.17) is 4.74 Å². The smallest absolute Gasteiger partial charge is 0.419 e. The molecule has 0 bridgehead atoms. The quantitative estimate of drug-likeness (QED) is 0.190. The summed E-state index contributed by atoms with van der Waals surface area (Å²) < 4.78 is 47.0. The number of piperazine rings is 1. The van der Waals surface area contributed by atoms with Gasteiger partial charge in [-0.15, -0.1) is 0 Å². The summed E-state index contributed by atoms with van der Waals surface area (Å²) in [5.41, 5.74) is 2.59. The number of benzene rings is 4. The van der Waals surface area contributed by atoms with E-state index in [1.807, 2.05) is 36.4 Å². The molecule has 10 heteroatoms. The van der Waals surface area contributed by atoms with Gasteiger partial charge in [-0.3, -0.25) is 9.78 Å². The summed E-state index contributed by atoms with van der Waals surface area (Å²) in [6.45, 7) is 2.60. The minimum Gasteiger partial charge on any atom is -0.508 e. The predicted octanol–water partition coefficient (Wildman–Crippen LogP) is 6.87. The molecule has 0 spiro atoms. The molecular weight excluding hydrogens is 569 g/mol. The highest BCUT2D eigenvalue weighted by Gasteiger charge is 2.34. The maximum Gasteiger partial charge on any atom is 0.419 e. The minimum absolute atomic E-state index is 0.0682. The molecule has 1 amide bonds. The maximum atomic E-state index is 13.7. The van der Waals surface area contributed by atoms with Crippen LogP contribution in [0.1, 0.15) is 21.6 Å². The summed E-state index contributed by atoms with van der Waals surface area (Å²) in [4.78, 5) is 20.2. The molecule has 0 saturated carbocycles. The first-order chi connectivity index (χ1) is 21.3. The maximum absolute atomic E-state index is 13.7. The summed E-state index contributed by atoms with van der Waals surface area (Å²) in [5, 5.41) is 17.9. The lowest BCUT2D eigenvalue weighted by Crippen LogP contribution is -2.44. The fourth-order valence-corrected chi connectivity index (χ4v) is 5.39. The lowest BCUT2D eigenvalue weighted by Gasteiger charge is -2.32. The molecule has 6 rings (SSSR count). The molecular formula is C34H29F3N4O3. The van der Waals surface area contributed by atoms with Crippen molar-refractivity contribution >= 4 is 28.1 Å². The van der Waals surface area contributed by atoms with E-state index in [1.54, 1.807) is 24.4 Å². The second-order valence-electron chi connectivity index (χ2n) is 10.4. The molecule has 2 heterocycles. The molecule has 224 valence electrons. The van der Waals surface area contributed by atoms with Crippen LogP contribution in [-0.2, 0) is 12.8 Å². The fraction of sp³-hybridized carbons (Fsp3) is 0.176. The molecule has 3 N–H and O–H groups in total. The van der Waals surface area contributed by atoms with Crippen LogP contribution >= 0.6 is 0 Å². The Bertz CT molecular complexity index is 1800. The van der Waals surface area contributed by atoms with E-state index in [0.29, 0.717) is 46.5 Å². The van der Waals surface area contributed by atoms with Gasteiger partial charge in [0.25, 0.3) is 5.91 Å². The number of rotatable bonds is 7. The lowest BCUT2D eigenvalue weighted by molar-refractivity contribution is -0.139. The third-order valence-electron chi connectivity index (χ3n) is 7.57. The summed E-state index contributed by atoms with van der Waals surface area (Å²) in [7, 11) is 0. The molecule has 0 unspecified atom stereocenters. The van der Waals surface area contributed by atoms with Crippen molar-refractivity contribution in [3.8, 4) is 22.6 Å². The Labute approximate surface area is 251 Å². The van der Waals surface area contributed by atoms with Crippen molar-refractivity contribution in [2.24, 2.45) is 0 Å². The van der Waals surface area contributed by atoms with E-state index in [1.165, 1.54) is 30.3 Å². The first-order valence-electron chi connectivity index (χ1n) is 14.1. The number of hydrogen-bond acceptors (Lipinski definition) is 6. The number of alkyl halides is 3. The number of phenolic OH excluding ortho intramolecular Hbond substituents is 1. The Kier molecular flexibility index (Phi) is 8.08. The van der Waals surface area contributed by atoms with Gasteiger partial charge in [-0.1, -0.05) is 48.5 Å². The van der Waals surface area contributed by atoms with Gasteiger partial charge in [-0.2, -0.15) is 13.2 Å². The molecule has 1 saturated heterocycles. The van der Waals surface area contributed by atoms with Crippen LogP contribution in [-0.4, -0.2) is 42.2 Å². The van der Waals surface area contributed by atoms with Gasteiger partial charge in [-0.05, 0) is 64.5 Å². The van der Waals surface area contributed by atoms with Crippen LogP contribution in [0.2, 0.25) is 0 Å². The first kappa shape index (κ1) is 29.0. The number of nitrogens with zero attached hydrogens (tertiary/aromatic N) is 2. The SMILES string of the molecule is O=C(Nc1cc(-c2ccc(O)cc2)c(COc2ccccc2C(F)(F)F)cc1N1CCNCC1)c1nccc2ccccc12. The van der Waals surface area contributed by atoms with Crippen molar-refractivity contribution in [1.82, 2.24) is 10.3 Å². The summed E-state index contributed by atoms with van der Waals surface area (Å²) >= 11 is 0. The highest BCUT2D eigenvalue weighted by Crippen LogP contribution is 2.39. The summed E-state index contributed by atoms with van der Waals surface area (Å²) in [5.74, 6) is -0.601. The number of amides is 1. The van der Waals surface area contributed by atoms with Crippen LogP contribution in [0.4, 0.5) is 24.5 Å². The number of aromatic hydroxyl groups is 1. The Hall–Kier alpha value is -5.09. The van der Waals surface area contributed by atoms with Crippen molar-refractivity contribution in [3.63, 3.8) is 0 Å². The highest BCUT2D eigenvalue weighted by atomic mass is 19.4. The number of pyridine rings is 1. The molecule has 7 nitrogen and oxygen atoms in total. The van der Waals surface area contributed by atoms with Gasteiger partial charge in [0, 0.05) is 37.8 Å². The van der Waals surface area contributed by atoms with Crippen molar-refractivity contribution in [1.29, 1.82) is 0 Å². The van der Waals surface area contributed by atoms with Gasteiger partial charge in [0.2, 0.25) is 0 Å². The zero-order valence-corrected chi connectivity index (χ0v) is 23.6. The number of phenols is 1. The average molecular weight is 599 g/mol. The number of hydrogen-bond donors (Lipinski definition) is 3. The fourth-order valence-electron chi connectivity index (χ4n) is 5.39. The number of halogens is 3. The minimum atomic E-state index is -4.58. The van der Waals surface area contributed by atoms with Gasteiger partial charge < -0.3 is 25.4 Å². The zero-order valence-electron chi connectivity index (χ0n) is 23.6. The molecule has 0 radical (unpaired) electrons. The van der Waals surface area contributed by atoms with Gasteiger partial charge in [-0.25, -0.2) is 0 Å². The monoisotopic (exact) mass is 598 g/mol. The molecule has 4 aromatic carbocycles. The van der Waals surface area contributed by atoms with Gasteiger partial charge in [0.15, 0.2) is 0 Å². The van der Waals surface area contributed by atoms with Gasteiger partial charge in [0.05, 0.1) is 16.9 Å². The molecule has 5 aromatic rings. The van der Waals surface area contributed by atoms with E-state index >= 15 is 0 Å². The van der Waals surface area contributed by atoms with E-state index in [0.717, 1.165) is 24.5 Å². The number of ether oxygens (including phenoxy) is 1. The average Bonchev–Trinajstić information content (AvgIpc) is 3.04. The third kappa shape index (κ3) is 6.16. The molecule has 1 aliphatic heterocycles.